The Hall–Kier alpha value is -0.470. The van der Waals surface area contributed by atoms with E-state index in [1.165, 1.54) is 0 Å². The molecule has 0 saturated heterocycles. The van der Waals surface area contributed by atoms with Crippen molar-refractivity contribution in [1.29, 1.82) is 0 Å². The van der Waals surface area contributed by atoms with E-state index in [1.54, 1.807) is 6.07 Å². The third-order valence-corrected chi connectivity index (χ3v) is 5.43. The summed E-state index contributed by atoms with van der Waals surface area (Å²) in [7, 11) is 0.336. The molecule has 1 aromatic rings. The topological polar surface area (TPSA) is 61.4 Å². The fourth-order valence-electron chi connectivity index (χ4n) is 1.68. The molecule has 0 fully saturated rings. The van der Waals surface area contributed by atoms with Crippen LogP contribution in [0.1, 0.15) is 12.5 Å². The molecule has 0 bridgehead atoms. The molecule has 0 unspecified atom stereocenters. The van der Waals surface area contributed by atoms with Crippen molar-refractivity contribution in [3.8, 4) is 0 Å². The summed E-state index contributed by atoms with van der Waals surface area (Å²) in [5.74, 6) is 0. The quantitative estimate of drug-likeness (QED) is 0.732. The molecular formula is C13H22BrN3O2S. The van der Waals surface area contributed by atoms with Crippen LogP contribution in [0.2, 0.25) is 0 Å². The molecule has 0 radical (unpaired) electrons. The normalized spacial score (nSPS) is 12.1. The molecule has 0 amide bonds. The van der Waals surface area contributed by atoms with Crippen molar-refractivity contribution < 1.29 is 8.42 Å². The number of nitrogens with zero attached hydrogens (tertiary/aromatic N) is 1. The third-order valence-electron chi connectivity index (χ3n) is 2.99. The summed E-state index contributed by atoms with van der Waals surface area (Å²) in [5, 5.41) is 3.03. The molecule has 5 nitrogen and oxygen atoms in total. The Bertz CT molecular complexity index is 534. The summed E-state index contributed by atoms with van der Waals surface area (Å²) in [6.45, 7) is 4.71. The fraction of sp³-hybridized carbons (Fsp3) is 0.538. The summed E-state index contributed by atoms with van der Waals surface area (Å²) in [6.07, 6.45) is 0. The Labute approximate surface area is 129 Å². The van der Waals surface area contributed by atoms with Crippen LogP contribution in [0, 0.1) is 0 Å². The minimum atomic E-state index is -3.47. The minimum Gasteiger partial charge on any atom is -0.316 e. The van der Waals surface area contributed by atoms with E-state index in [0.717, 1.165) is 12.1 Å². The van der Waals surface area contributed by atoms with E-state index in [4.69, 9.17) is 0 Å². The number of nitrogens with one attached hydrogen (secondary N) is 2. The predicted octanol–water partition coefficient (Wildman–Crippen LogP) is 1.40. The molecule has 20 heavy (non-hydrogen) atoms. The molecule has 2 N–H and O–H groups in total. The average molecular weight is 364 g/mol. The number of benzene rings is 1. The first-order chi connectivity index (χ1) is 9.40. The number of rotatable bonds is 8. The summed E-state index contributed by atoms with van der Waals surface area (Å²) >= 11 is 3.33. The minimum absolute atomic E-state index is 0.275. The molecule has 0 heterocycles. The van der Waals surface area contributed by atoms with E-state index >= 15 is 0 Å². The van der Waals surface area contributed by atoms with Crippen molar-refractivity contribution >= 4 is 26.0 Å². The highest BCUT2D eigenvalue weighted by molar-refractivity contribution is 9.10. The van der Waals surface area contributed by atoms with Gasteiger partial charge in [-0.15, -0.1) is 0 Å². The number of hydrogen-bond donors (Lipinski definition) is 2. The van der Waals surface area contributed by atoms with Crippen molar-refractivity contribution in [1.82, 2.24) is 14.9 Å². The Morgan fingerprint density at radius 3 is 2.60 bits per heavy atom. The van der Waals surface area contributed by atoms with Crippen molar-refractivity contribution in [2.24, 2.45) is 0 Å². The number of hydrogen-bond acceptors (Lipinski definition) is 4. The maximum absolute atomic E-state index is 12.2. The summed E-state index contributed by atoms with van der Waals surface area (Å²) < 4.78 is 27.6. The first-order valence-electron chi connectivity index (χ1n) is 6.52. The Morgan fingerprint density at radius 1 is 1.35 bits per heavy atom. The lowest BCUT2D eigenvalue weighted by Crippen LogP contribution is -2.33. The Kier molecular flexibility index (Phi) is 7.11. The maximum Gasteiger partial charge on any atom is 0.241 e. The van der Waals surface area contributed by atoms with Gasteiger partial charge in [0.2, 0.25) is 10.0 Å². The van der Waals surface area contributed by atoms with E-state index in [-0.39, 0.29) is 4.90 Å². The largest absolute Gasteiger partial charge is 0.316 e. The maximum atomic E-state index is 12.2. The number of sulfonamides is 1. The monoisotopic (exact) mass is 363 g/mol. The second-order valence-electron chi connectivity index (χ2n) is 4.59. The van der Waals surface area contributed by atoms with Gasteiger partial charge in [0, 0.05) is 24.1 Å². The average Bonchev–Trinajstić information content (AvgIpc) is 2.38. The van der Waals surface area contributed by atoms with Crippen molar-refractivity contribution in [3.05, 3.63) is 28.2 Å². The SMILES string of the molecule is CCN(C)CCNS(=O)(=O)c1ccc(CNC)cc1Br. The van der Waals surface area contributed by atoms with E-state index in [2.05, 4.69) is 26.0 Å². The molecule has 0 saturated carbocycles. The highest BCUT2D eigenvalue weighted by Gasteiger charge is 2.17. The van der Waals surface area contributed by atoms with Gasteiger partial charge in [-0.1, -0.05) is 13.0 Å². The summed E-state index contributed by atoms with van der Waals surface area (Å²) in [5.41, 5.74) is 1.03. The highest BCUT2D eigenvalue weighted by atomic mass is 79.9. The molecule has 7 heteroatoms. The van der Waals surface area contributed by atoms with Crippen LogP contribution in [0.4, 0.5) is 0 Å². The highest BCUT2D eigenvalue weighted by Crippen LogP contribution is 2.23. The van der Waals surface area contributed by atoms with Gasteiger partial charge in [0.15, 0.2) is 0 Å². The fourth-order valence-corrected chi connectivity index (χ4v) is 3.83. The molecule has 0 aliphatic carbocycles. The molecule has 0 atom stereocenters. The van der Waals surface area contributed by atoms with Crippen LogP contribution in [-0.4, -0.2) is 47.0 Å². The lowest BCUT2D eigenvalue weighted by molar-refractivity contribution is 0.358. The summed E-state index contributed by atoms with van der Waals surface area (Å²) in [4.78, 5) is 2.32. The van der Waals surface area contributed by atoms with Crippen LogP contribution in [0.25, 0.3) is 0 Å². The number of halogens is 1. The van der Waals surface area contributed by atoms with Crippen LogP contribution in [0.15, 0.2) is 27.6 Å². The van der Waals surface area contributed by atoms with Gasteiger partial charge in [-0.3, -0.25) is 0 Å². The smallest absolute Gasteiger partial charge is 0.241 e. The molecule has 1 aromatic carbocycles. The molecule has 1 rings (SSSR count). The predicted molar refractivity (Wildman–Crippen MR) is 85.3 cm³/mol. The molecule has 0 aromatic heterocycles. The van der Waals surface area contributed by atoms with Gasteiger partial charge in [0.1, 0.15) is 0 Å². The lowest BCUT2D eigenvalue weighted by Gasteiger charge is -2.15. The van der Waals surface area contributed by atoms with Gasteiger partial charge in [-0.2, -0.15) is 0 Å². The third kappa shape index (κ3) is 5.14. The number of likely N-dealkylation sites (N-methyl/N-ethyl adjacent to an activating group) is 1. The van der Waals surface area contributed by atoms with Gasteiger partial charge >= 0.3 is 0 Å². The Balaban J connectivity index is 2.77. The van der Waals surface area contributed by atoms with Crippen molar-refractivity contribution in [3.63, 3.8) is 0 Å². The van der Waals surface area contributed by atoms with E-state index < -0.39 is 10.0 Å². The van der Waals surface area contributed by atoms with E-state index in [9.17, 15) is 8.42 Å². The van der Waals surface area contributed by atoms with Gasteiger partial charge in [-0.05, 0) is 54.3 Å². The van der Waals surface area contributed by atoms with Gasteiger partial charge < -0.3 is 10.2 Å². The van der Waals surface area contributed by atoms with Gasteiger partial charge in [-0.25, -0.2) is 13.1 Å². The van der Waals surface area contributed by atoms with Gasteiger partial charge in [0.25, 0.3) is 0 Å². The zero-order valence-corrected chi connectivity index (χ0v) is 14.5. The second kappa shape index (κ2) is 8.09. The lowest BCUT2D eigenvalue weighted by atomic mass is 10.2. The van der Waals surface area contributed by atoms with Crippen LogP contribution >= 0.6 is 15.9 Å². The van der Waals surface area contributed by atoms with E-state index in [1.807, 2.05) is 38.1 Å². The molecule has 0 aliphatic rings. The van der Waals surface area contributed by atoms with Crippen LogP contribution < -0.4 is 10.0 Å². The zero-order chi connectivity index (χ0) is 15.2. The van der Waals surface area contributed by atoms with Crippen LogP contribution in [0.3, 0.4) is 0 Å². The molecular weight excluding hydrogens is 342 g/mol. The van der Waals surface area contributed by atoms with Gasteiger partial charge in [0.05, 0.1) is 4.90 Å². The van der Waals surface area contributed by atoms with Crippen LogP contribution in [0.5, 0.6) is 0 Å². The van der Waals surface area contributed by atoms with Crippen molar-refractivity contribution in [2.45, 2.75) is 18.4 Å². The zero-order valence-electron chi connectivity index (χ0n) is 12.1. The second-order valence-corrected chi connectivity index (χ2v) is 7.18. The first kappa shape index (κ1) is 17.6. The first-order valence-corrected chi connectivity index (χ1v) is 8.79. The van der Waals surface area contributed by atoms with Crippen molar-refractivity contribution in [2.75, 3.05) is 33.7 Å². The Morgan fingerprint density at radius 2 is 2.05 bits per heavy atom. The molecule has 0 aliphatic heterocycles. The van der Waals surface area contributed by atoms with E-state index in [0.29, 0.717) is 24.1 Å². The molecule has 0 spiro atoms. The molecule has 114 valence electrons. The van der Waals surface area contributed by atoms with Crippen LogP contribution in [-0.2, 0) is 16.6 Å². The standard InChI is InChI=1S/C13H22BrN3O2S/c1-4-17(3)8-7-16-20(18,19)13-6-5-11(10-15-2)9-12(13)14/h5-6,9,15-16H,4,7-8,10H2,1-3H3. The summed E-state index contributed by atoms with van der Waals surface area (Å²) in [6, 6.07) is 5.26.